The Kier molecular flexibility index (Phi) is 59.5. The third kappa shape index (κ3) is 57.5. The van der Waals surface area contributed by atoms with E-state index in [1.165, 1.54) is 283 Å². The molecule has 0 fully saturated rings. The first-order valence-electron chi connectivity index (χ1n) is 32.1. The Morgan fingerprint density at radius 3 is 1.00 bits per heavy atom. The molecule has 1 amide bonds. The van der Waals surface area contributed by atoms with E-state index in [0.29, 0.717) is 19.4 Å². The van der Waals surface area contributed by atoms with Crippen molar-refractivity contribution in [2.75, 3.05) is 13.2 Å². The number of carbonyl (C=O) groups is 2. The molecule has 0 saturated heterocycles. The van der Waals surface area contributed by atoms with Crippen LogP contribution in [0.15, 0.2) is 24.3 Å². The second-order valence-corrected chi connectivity index (χ2v) is 22.1. The molecule has 420 valence electrons. The lowest BCUT2D eigenvalue weighted by Crippen LogP contribution is -2.45. The number of esters is 1. The zero-order valence-electron chi connectivity index (χ0n) is 48.0. The number of allylic oxidation sites excluding steroid dienone is 3. The monoisotopic (exact) mass is 1000 g/mol. The van der Waals surface area contributed by atoms with Crippen LogP contribution in [0.3, 0.4) is 0 Å². The molecular formula is C65H125NO5. The summed E-state index contributed by atoms with van der Waals surface area (Å²) >= 11 is 0. The molecular weight excluding hydrogens is 875 g/mol. The van der Waals surface area contributed by atoms with Gasteiger partial charge in [-0.25, -0.2) is 0 Å². The van der Waals surface area contributed by atoms with Crippen LogP contribution in [0.2, 0.25) is 0 Å². The standard InChI is InChI=1S/C65H125NO5/c1-3-5-7-9-11-13-14-15-16-29-33-36-39-43-47-51-55-59-65(70)71-60-56-52-48-44-40-37-34-31-28-26-24-22-20-18-17-19-21-23-25-27-30-32-35-38-42-46-50-54-58-64(69)66-62(61-67)63(68)57-53-49-45-41-12-10-8-6-4-2/h15-16,53,57,62-63,67-68H,3-14,17-52,54-56,58-61H2,1-2H3,(H,66,69)/b16-15-,57-53+. The predicted molar refractivity (Wildman–Crippen MR) is 310 cm³/mol. The zero-order chi connectivity index (χ0) is 51.4. The molecule has 0 aromatic rings. The van der Waals surface area contributed by atoms with E-state index >= 15 is 0 Å². The molecule has 0 saturated carbocycles. The molecule has 0 aliphatic carbocycles. The Morgan fingerprint density at radius 2 is 0.662 bits per heavy atom. The average molecular weight is 1000 g/mol. The highest BCUT2D eigenvalue weighted by atomic mass is 16.5. The minimum Gasteiger partial charge on any atom is -0.466 e. The van der Waals surface area contributed by atoms with Crippen molar-refractivity contribution in [2.24, 2.45) is 0 Å². The smallest absolute Gasteiger partial charge is 0.305 e. The maximum atomic E-state index is 12.4. The van der Waals surface area contributed by atoms with E-state index in [4.69, 9.17) is 4.74 Å². The van der Waals surface area contributed by atoms with Crippen LogP contribution in [0, 0.1) is 0 Å². The summed E-state index contributed by atoms with van der Waals surface area (Å²) < 4.78 is 5.50. The second kappa shape index (κ2) is 60.9. The minimum absolute atomic E-state index is 0.0153. The van der Waals surface area contributed by atoms with Gasteiger partial charge in [0.1, 0.15) is 0 Å². The average Bonchev–Trinajstić information content (AvgIpc) is 3.37. The minimum atomic E-state index is -0.839. The van der Waals surface area contributed by atoms with Gasteiger partial charge in [-0.2, -0.15) is 0 Å². The van der Waals surface area contributed by atoms with Gasteiger partial charge >= 0.3 is 5.97 Å². The second-order valence-electron chi connectivity index (χ2n) is 22.1. The van der Waals surface area contributed by atoms with Crippen molar-refractivity contribution in [3.05, 3.63) is 24.3 Å². The van der Waals surface area contributed by atoms with Gasteiger partial charge < -0.3 is 20.3 Å². The lowest BCUT2D eigenvalue weighted by atomic mass is 10.0. The highest BCUT2D eigenvalue weighted by Gasteiger charge is 2.18. The zero-order valence-corrected chi connectivity index (χ0v) is 48.0. The Hall–Kier alpha value is -1.66. The fraction of sp³-hybridized carbons (Fsp3) is 0.908. The van der Waals surface area contributed by atoms with Crippen LogP contribution in [0.4, 0.5) is 0 Å². The molecule has 0 aromatic heterocycles. The van der Waals surface area contributed by atoms with Crippen molar-refractivity contribution in [1.82, 2.24) is 5.32 Å². The summed E-state index contributed by atoms with van der Waals surface area (Å²) in [5, 5.41) is 23.0. The van der Waals surface area contributed by atoms with Crippen LogP contribution in [0.1, 0.15) is 354 Å². The summed E-state index contributed by atoms with van der Waals surface area (Å²) in [6.45, 7) is 4.89. The number of rotatable bonds is 60. The molecule has 0 spiro atoms. The van der Waals surface area contributed by atoms with Crippen molar-refractivity contribution in [2.45, 2.75) is 366 Å². The molecule has 0 bridgehead atoms. The molecule has 2 atom stereocenters. The maximum absolute atomic E-state index is 12.4. The van der Waals surface area contributed by atoms with Crippen LogP contribution in [0.25, 0.3) is 0 Å². The molecule has 6 heteroatoms. The summed E-state index contributed by atoms with van der Waals surface area (Å²) in [7, 11) is 0. The molecule has 0 rings (SSSR count). The number of aliphatic hydroxyl groups is 2. The molecule has 2 unspecified atom stereocenters. The third-order valence-electron chi connectivity index (χ3n) is 15.0. The third-order valence-corrected chi connectivity index (χ3v) is 15.0. The normalized spacial score (nSPS) is 12.7. The van der Waals surface area contributed by atoms with Gasteiger partial charge in [0.05, 0.1) is 25.4 Å². The van der Waals surface area contributed by atoms with Crippen LogP contribution >= 0.6 is 0 Å². The number of aliphatic hydroxyl groups excluding tert-OH is 2. The lowest BCUT2D eigenvalue weighted by molar-refractivity contribution is -0.143. The number of unbranched alkanes of at least 4 members (excludes halogenated alkanes) is 47. The van der Waals surface area contributed by atoms with Crippen LogP contribution in [0.5, 0.6) is 0 Å². The highest BCUT2D eigenvalue weighted by Crippen LogP contribution is 2.18. The van der Waals surface area contributed by atoms with Gasteiger partial charge in [0.15, 0.2) is 0 Å². The van der Waals surface area contributed by atoms with Crippen LogP contribution in [-0.2, 0) is 14.3 Å². The van der Waals surface area contributed by atoms with Gasteiger partial charge in [-0.15, -0.1) is 0 Å². The summed E-state index contributed by atoms with van der Waals surface area (Å²) in [6, 6.07) is -0.623. The maximum Gasteiger partial charge on any atom is 0.305 e. The first-order valence-corrected chi connectivity index (χ1v) is 32.1. The Balaban J connectivity index is 3.31. The summed E-state index contributed by atoms with van der Waals surface area (Å²) in [4.78, 5) is 24.5. The lowest BCUT2D eigenvalue weighted by Gasteiger charge is -2.20. The van der Waals surface area contributed by atoms with Gasteiger partial charge in [0.25, 0.3) is 0 Å². The molecule has 0 heterocycles. The van der Waals surface area contributed by atoms with Crippen molar-refractivity contribution in [3.8, 4) is 0 Å². The van der Waals surface area contributed by atoms with E-state index in [1.54, 1.807) is 6.08 Å². The van der Waals surface area contributed by atoms with Crippen molar-refractivity contribution >= 4 is 11.9 Å². The van der Waals surface area contributed by atoms with Crippen molar-refractivity contribution in [1.29, 1.82) is 0 Å². The van der Waals surface area contributed by atoms with Gasteiger partial charge in [-0.05, 0) is 57.8 Å². The first kappa shape index (κ1) is 69.3. The first-order chi connectivity index (χ1) is 35.0. The number of ether oxygens (including phenoxy) is 1. The topological polar surface area (TPSA) is 95.9 Å². The molecule has 6 nitrogen and oxygen atoms in total. The summed E-state index contributed by atoms with van der Waals surface area (Å²) in [5.74, 6) is -0.0512. The molecule has 0 radical (unpaired) electrons. The molecule has 0 aliphatic heterocycles. The summed E-state index contributed by atoms with van der Waals surface area (Å²) in [5.41, 5.74) is 0. The molecule has 71 heavy (non-hydrogen) atoms. The van der Waals surface area contributed by atoms with Crippen LogP contribution in [-0.4, -0.2) is 47.4 Å². The Morgan fingerprint density at radius 1 is 0.380 bits per heavy atom. The van der Waals surface area contributed by atoms with Gasteiger partial charge in [0.2, 0.25) is 5.91 Å². The number of hydrogen-bond acceptors (Lipinski definition) is 5. The molecule has 0 aliphatic rings. The number of carbonyl (C=O) groups excluding carboxylic acids is 2. The van der Waals surface area contributed by atoms with E-state index in [1.807, 2.05) is 6.08 Å². The molecule has 3 N–H and O–H groups in total. The van der Waals surface area contributed by atoms with Gasteiger partial charge in [-0.3, -0.25) is 9.59 Å². The van der Waals surface area contributed by atoms with E-state index in [9.17, 15) is 19.8 Å². The van der Waals surface area contributed by atoms with Crippen LogP contribution < -0.4 is 5.32 Å². The van der Waals surface area contributed by atoms with Gasteiger partial charge in [-0.1, -0.05) is 308 Å². The largest absolute Gasteiger partial charge is 0.466 e. The SMILES string of the molecule is CCCCCCCC/C=C\CCCCCCCCCC(=O)OCCCCCCCCCCCCCCCCCCCCCCCCCCCCCCC(=O)NC(CO)C(O)/C=C/CCCCCCCCC. The number of nitrogens with one attached hydrogen (secondary N) is 1. The van der Waals surface area contributed by atoms with E-state index < -0.39 is 12.1 Å². The highest BCUT2D eigenvalue weighted by molar-refractivity contribution is 5.76. The molecule has 0 aromatic carbocycles. The quantitative estimate of drug-likeness (QED) is 0.0320. The van der Waals surface area contributed by atoms with E-state index in [2.05, 4.69) is 31.3 Å². The Bertz CT molecular complexity index is 1110. The van der Waals surface area contributed by atoms with E-state index in [0.717, 1.165) is 44.9 Å². The fourth-order valence-corrected chi connectivity index (χ4v) is 10.0. The Labute approximate surface area is 443 Å². The number of amides is 1. The summed E-state index contributed by atoms with van der Waals surface area (Å²) in [6.07, 6.45) is 75.4. The van der Waals surface area contributed by atoms with E-state index in [-0.39, 0.29) is 18.5 Å². The predicted octanol–water partition coefficient (Wildman–Crippen LogP) is 20.2. The fourth-order valence-electron chi connectivity index (χ4n) is 10.0. The van der Waals surface area contributed by atoms with Crippen molar-refractivity contribution < 1.29 is 24.5 Å². The van der Waals surface area contributed by atoms with Crippen molar-refractivity contribution in [3.63, 3.8) is 0 Å². The van der Waals surface area contributed by atoms with Gasteiger partial charge in [0, 0.05) is 12.8 Å². The number of hydrogen-bond donors (Lipinski definition) is 3.